The SMILES string of the molecule is CNC(C)c1c(C)oc(C)c1C. The highest BCUT2D eigenvalue weighted by Crippen LogP contribution is 2.26. The number of rotatable bonds is 2. The van der Waals surface area contributed by atoms with Crippen molar-refractivity contribution in [3.05, 3.63) is 22.6 Å². The lowest BCUT2D eigenvalue weighted by Gasteiger charge is -2.09. The van der Waals surface area contributed by atoms with Gasteiger partial charge in [0.05, 0.1) is 0 Å². The second kappa shape index (κ2) is 3.31. The molecule has 0 amide bonds. The fourth-order valence-electron chi connectivity index (χ4n) is 1.59. The van der Waals surface area contributed by atoms with Crippen LogP contribution in [0.3, 0.4) is 0 Å². The molecular formula is C10H17NO. The summed E-state index contributed by atoms with van der Waals surface area (Å²) in [5.41, 5.74) is 2.57. The molecule has 1 unspecified atom stereocenters. The van der Waals surface area contributed by atoms with Crippen LogP contribution < -0.4 is 5.32 Å². The highest BCUT2D eigenvalue weighted by molar-refractivity contribution is 5.33. The van der Waals surface area contributed by atoms with Crippen molar-refractivity contribution in [1.82, 2.24) is 5.32 Å². The van der Waals surface area contributed by atoms with E-state index >= 15 is 0 Å². The molecule has 0 aliphatic carbocycles. The van der Waals surface area contributed by atoms with E-state index in [1.807, 2.05) is 20.9 Å². The van der Waals surface area contributed by atoms with E-state index in [0.29, 0.717) is 6.04 Å². The molecule has 1 heterocycles. The largest absolute Gasteiger partial charge is 0.466 e. The minimum Gasteiger partial charge on any atom is -0.466 e. The molecule has 0 aromatic carbocycles. The van der Waals surface area contributed by atoms with Crippen molar-refractivity contribution >= 4 is 0 Å². The van der Waals surface area contributed by atoms with Crippen LogP contribution in [0.25, 0.3) is 0 Å². The standard InChI is InChI=1S/C10H17NO/c1-6-8(3)12-9(4)10(6)7(2)11-5/h7,11H,1-5H3. The lowest BCUT2D eigenvalue weighted by molar-refractivity contribution is 0.494. The molecule has 1 rings (SSSR count). The first-order chi connectivity index (χ1) is 5.57. The van der Waals surface area contributed by atoms with Crippen molar-refractivity contribution in [1.29, 1.82) is 0 Å². The summed E-state index contributed by atoms with van der Waals surface area (Å²) < 4.78 is 5.53. The van der Waals surface area contributed by atoms with Crippen LogP contribution in [0.2, 0.25) is 0 Å². The fourth-order valence-corrected chi connectivity index (χ4v) is 1.59. The molecule has 0 radical (unpaired) electrons. The van der Waals surface area contributed by atoms with Gasteiger partial charge in [0.15, 0.2) is 0 Å². The molecule has 12 heavy (non-hydrogen) atoms. The average Bonchev–Trinajstić information content (AvgIpc) is 2.26. The Balaban J connectivity index is 3.13. The van der Waals surface area contributed by atoms with Crippen molar-refractivity contribution in [2.24, 2.45) is 0 Å². The van der Waals surface area contributed by atoms with Gasteiger partial charge >= 0.3 is 0 Å². The first-order valence-electron chi connectivity index (χ1n) is 4.31. The maximum atomic E-state index is 5.53. The molecule has 0 fully saturated rings. The Morgan fingerprint density at radius 2 is 1.75 bits per heavy atom. The molecule has 0 spiro atoms. The number of nitrogens with one attached hydrogen (secondary N) is 1. The van der Waals surface area contributed by atoms with Gasteiger partial charge in [-0.2, -0.15) is 0 Å². The number of aryl methyl sites for hydroxylation is 2. The summed E-state index contributed by atoms with van der Waals surface area (Å²) in [7, 11) is 1.96. The Kier molecular flexibility index (Phi) is 2.58. The summed E-state index contributed by atoms with van der Waals surface area (Å²) >= 11 is 0. The van der Waals surface area contributed by atoms with Crippen molar-refractivity contribution in [3.8, 4) is 0 Å². The van der Waals surface area contributed by atoms with Gasteiger partial charge in [0.2, 0.25) is 0 Å². The molecule has 0 saturated heterocycles. The van der Waals surface area contributed by atoms with Gasteiger partial charge < -0.3 is 9.73 Å². The van der Waals surface area contributed by atoms with E-state index < -0.39 is 0 Å². The van der Waals surface area contributed by atoms with Gasteiger partial charge in [0.25, 0.3) is 0 Å². The summed E-state index contributed by atoms with van der Waals surface area (Å²) in [4.78, 5) is 0. The summed E-state index contributed by atoms with van der Waals surface area (Å²) in [6.07, 6.45) is 0. The topological polar surface area (TPSA) is 25.2 Å². The zero-order valence-corrected chi connectivity index (χ0v) is 8.49. The molecule has 1 aromatic heterocycles. The quantitative estimate of drug-likeness (QED) is 0.732. The minimum absolute atomic E-state index is 0.377. The third-order valence-electron chi connectivity index (χ3n) is 2.48. The zero-order valence-electron chi connectivity index (χ0n) is 8.49. The third kappa shape index (κ3) is 1.39. The van der Waals surface area contributed by atoms with Crippen molar-refractivity contribution in [2.75, 3.05) is 7.05 Å². The van der Waals surface area contributed by atoms with Gasteiger partial charge in [-0.25, -0.2) is 0 Å². The molecule has 0 bridgehead atoms. The summed E-state index contributed by atoms with van der Waals surface area (Å²) in [5.74, 6) is 2.07. The predicted molar refractivity (Wildman–Crippen MR) is 50.4 cm³/mol. The summed E-state index contributed by atoms with van der Waals surface area (Å²) in [6.45, 7) is 8.27. The van der Waals surface area contributed by atoms with Gasteiger partial charge in [-0.1, -0.05) is 0 Å². The van der Waals surface area contributed by atoms with Gasteiger partial charge in [-0.3, -0.25) is 0 Å². The van der Waals surface area contributed by atoms with Crippen molar-refractivity contribution in [2.45, 2.75) is 33.7 Å². The van der Waals surface area contributed by atoms with E-state index in [-0.39, 0.29) is 0 Å². The van der Waals surface area contributed by atoms with Crippen LogP contribution in [0, 0.1) is 20.8 Å². The molecular weight excluding hydrogens is 150 g/mol. The summed E-state index contributed by atoms with van der Waals surface area (Å²) in [6, 6.07) is 0.377. The molecule has 0 aliphatic rings. The third-order valence-corrected chi connectivity index (χ3v) is 2.48. The Morgan fingerprint density at radius 3 is 2.08 bits per heavy atom. The highest BCUT2D eigenvalue weighted by atomic mass is 16.3. The number of hydrogen-bond donors (Lipinski definition) is 1. The van der Waals surface area contributed by atoms with Gasteiger partial charge in [-0.05, 0) is 40.3 Å². The van der Waals surface area contributed by atoms with E-state index in [9.17, 15) is 0 Å². The first kappa shape index (κ1) is 9.33. The molecule has 0 aliphatic heterocycles. The van der Waals surface area contributed by atoms with Gasteiger partial charge in [0, 0.05) is 11.6 Å². The second-order valence-electron chi connectivity index (χ2n) is 3.26. The van der Waals surface area contributed by atoms with E-state index in [1.165, 1.54) is 11.1 Å². The normalized spacial score (nSPS) is 13.4. The smallest absolute Gasteiger partial charge is 0.106 e. The Labute approximate surface area is 74.0 Å². The van der Waals surface area contributed by atoms with Crippen LogP contribution in [0.4, 0.5) is 0 Å². The Bertz CT molecular complexity index is 276. The van der Waals surface area contributed by atoms with Crippen molar-refractivity contribution in [3.63, 3.8) is 0 Å². The molecule has 1 aromatic rings. The number of hydrogen-bond acceptors (Lipinski definition) is 2. The maximum absolute atomic E-state index is 5.53. The van der Waals surface area contributed by atoms with Crippen LogP contribution in [-0.2, 0) is 0 Å². The van der Waals surface area contributed by atoms with E-state index in [2.05, 4.69) is 19.2 Å². The summed E-state index contributed by atoms with van der Waals surface area (Å²) in [5, 5.41) is 3.22. The predicted octanol–water partition coefficient (Wildman–Crippen LogP) is 2.49. The molecule has 0 saturated carbocycles. The highest BCUT2D eigenvalue weighted by Gasteiger charge is 2.15. The average molecular weight is 167 g/mol. The van der Waals surface area contributed by atoms with Gasteiger partial charge in [0.1, 0.15) is 11.5 Å². The minimum atomic E-state index is 0.377. The molecule has 1 atom stereocenters. The van der Waals surface area contributed by atoms with Gasteiger partial charge in [-0.15, -0.1) is 0 Å². The Morgan fingerprint density at radius 1 is 1.17 bits per heavy atom. The van der Waals surface area contributed by atoms with Crippen LogP contribution in [0.1, 0.15) is 35.6 Å². The monoisotopic (exact) mass is 167 g/mol. The molecule has 2 nitrogen and oxygen atoms in total. The number of furan rings is 1. The van der Waals surface area contributed by atoms with E-state index in [1.54, 1.807) is 0 Å². The van der Waals surface area contributed by atoms with E-state index in [0.717, 1.165) is 11.5 Å². The second-order valence-corrected chi connectivity index (χ2v) is 3.26. The van der Waals surface area contributed by atoms with Crippen LogP contribution in [-0.4, -0.2) is 7.05 Å². The Hall–Kier alpha value is -0.760. The molecule has 2 heteroatoms. The maximum Gasteiger partial charge on any atom is 0.106 e. The zero-order chi connectivity index (χ0) is 9.30. The van der Waals surface area contributed by atoms with Crippen LogP contribution in [0.15, 0.2) is 4.42 Å². The molecule has 1 N–H and O–H groups in total. The molecule has 68 valence electrons. The van der Waals surface area contributed by atoms with Crippen molar-refractivity contribution < 1.29 is 4.42 Å². The first-order valence-corrected chi connectivity index (χ1v) is 4.31. The fraction of sp³-hybridized carbons (Fsp3) is 0.600. The lowest BCUT2D eigenvalue weighted by atomic mass is 10.0. The lowest BCUT2D eigenvalue weighted by Crippen LogP contribution is -2.13. The van der Waals surface area contributed by atoms with Crippen LogP contribution >= 0.6 is 0 Å². The van der Waals surface area contributed by atoms with Crippen LogP contribution in [0.5, 0.6) is 0 Å². The van der Waals surface area contributed by atoms with E-state index in [4.69, 9.17) is 4.42 Å².